The first kappa shape index (κ1) is 19.1. The molecular weight excluding hydrogens is 316 g/mol. The minimum Gasteiger partial charge on any atom is -0.493 e. The largest absolute Gasteiger partial charge is 0.493 e. The van der Waals surface area contributed by atoms with E-state index in [0.717, 1.165) is 17.2 Å². The molecule has 0 atom stereocenters. The van der Waals surface area contributed by atoms with E-state index in [4.69, 9.17) is 14.2 Å². The molecule has 2 aromatic carbocycles. The molecule has 4 nitrogen and oxygen atoms in total. The minimum atomic E-state index is -0.353. The van der Waals surface area contributed by atoms with Gasteiger partial charge >= 0.3 is 5.97 Å². The lowest BCUT2D eigenvalue weighted by molar-refractivity contribution is 0.0603. The van der Waals surface area contributed by atoms with E-state index < -0.39 is 0 Å². The van der Waals surface area contributed by atoms with Crippen molar-refractivity contribution in [1.82, 2.24) is 0 Å². The number of unbranched alkanes of at least 4 members (excludes halogenated alkanes) is 5. The van der Waals surface area contributed by atoms with Crippen molar-refractivity contribution >= 4 is 16.7 Å². The fourth-order valence-electron chi connectivity index (χ4n) is 2.91. The molecule has 0 heterocycles. The van der Waals surface area contributed by atoms with Crippen LogP contribution in [0.15, 0.2) is 30.3 Å². The quantitative estimate of drug-likeness (QED) is 0.429. The molecule has 0 amide bonds. The van der Waals surface area contributed by atoms with Crippen molar-refractivity contribution < 1.29 is 19.0 Å². The molecule has 136 valence electrons. The molecular formula is C21H28O4. The zero-order valence-corrected chi connectivity index (χ0v) is 15.5. The summed E-state index contributed by atoms with van der Waals surface area (Å²) in [5, 5.41) is 1.74. The van der Waals surface area contributed by atoms with Gasteiger partial charge in [-0.3, -0.25) is 0 Å². The predicted octanol–water partition coefficient (Wildman–Crippen LogP) is 5.37. The number of fused-ring (bicyclic) bond motifs is 1. The second-order valence-electron chi connectivity index (χ2n) is 6.14. The molecule has 0 saturated carbocycles. The smallest absolute Gasteiger partial charge is 0.338 e. The van der Waals surface area contributed by atoms with Gasteiger partial charge in [-0.25, -0.2) is 4.79 Å². The van der Waals surface area contributed by atoms with Gasteiger partial charge in [-0.2, -0.15) is 0 Å². The van der Waals surface area contributed by atoms with Crippen LogP contribution in [0.3, 0.4) is 0 Å². The highest BCUT2D eigenvalue weighted by Crippen LogP contribution is 2.34. The van der Waals surface area contributed by atoms with Crippen LogP contribution >= 0.6 is 0 Å². The Labute approximate surface area is 150 Å². The summed E-state index contributed by atoms with van der Waals surface area (Å²) in [5.74, 6) is 0.994. The highest BCUT2D eigenvalue weighted by molar-refractivity contribution is 6.05. The van der Waals surface area contributed by atoms with E-state index in [-0.39, 0.29) is 5.97 Å². The standard InChI is InChI=1S/C21H28O4/c1-4-5-6-7-8-9-13-25-20-14-16-11-10-12-17(21(22)24-3)18(16)15-19(20)23-2/h10-12,14-15H,4-9,13H2,1-3H3. The van der Waals surface area contributed by atoms with Crippen LogP contribution in [0.4, 0.5) is 0 Å². The molecule has 0 radical (unpaired) electrons. The first-order chi connectivity index (χ1) is 12.2. The van der Waals surface area contributed by atoms with E-state index in [2.05, 4.69) is 6.92 Å². The van der Waals surface area contributed by atoms with Crippen LogP contribution in [-0.2, 0) is 4.74 Å². The Hall–Kier alpha value is -2.23. The van der Waals surface area contributed by atoms with E-state index in [9.17, 15) is 4.79 Å². The van der Waals surface area contributed by atoms with Crippen LogP contribution in [0.25, 0.3) is 10.8 Å². The molecule has 2 rings (SSSR count). The molecule has 0 aliphatic rings. The van der Waals surface area contributed by atoms with Gasteiger partial charge in [0.2, 0.25) is 0 Å². The van der Waals surface area contributed by atoms with E-state index in [1.54, 1.807) is 13.2 Å². The van der Waals surface area contributed by atoms with Gasteiger partial charge in [0.25, 0.3) is 0 Å². The molecule has 0 spiro atoms. The van der Waals surface area contributed by atoms with E-state index in [0.29, 0.717) is 23.7 Å². The fraction of sp³-hybridized carbons (Fsp3) is 0.476. The average molecular weight is 344 g/mol. The normalized spacial score (nSPS) is 10.7. The Morgan fingerprint density at radius 3 is 2.44 bits per heavy atom. The Morgan fingerprint density at radius 1 is 0.960 bits per heavy atom. The number of hydrogen-bond donors (Lipinski definition) is 0. The summed E-state index contributed by atoms with van der Waals surface area (Å²) in [5.41, 5.74) is 0.528. The molecule has 0 saturated heterocycles. The lowest BCUT2D eigenvalue weighted by atomic mass is 10.0. The number of benzene rings is 2. The van der Waals surface area contributed by atoms with Crippen LogP contribution in [0.1, 0.15) is 55.8 Å². The summed E-state index contributed by atoms with van der Waals surface area (Å²) >= 11 is 0. The lowest BCUT2D eigenvalue weighted by Gasteiger charge is -2.13. The maximum Gasteiger partial charge on any atom is 0.338 e. The Balaban J connectivity index is 2.08. The molecule has 0 aliphatic carbocycles. The van der Waals surface area contributed by atoms with Crippen LogP contribution in [0.2, 0.25) is 0 Å². The summed E-state index contributed by atoms with van der Waals surface area (Å²) in [6, 6.07) is 9.33. The lowest BCUT2D eigenvalue weighted by Crippen LogP contribution is -2.03. The van der Waals surface area contributed by atoms with Crippen molar-refractivity contribution in [2.45, 2.75) is 45.4 Å². The number of rotatable bonds is 10. The Morgan fingerprint density at radius 2 is 1.72 bits per heavy atom. The number of methoxy groups -OCH3 is 2. The fourth-order valence-corrected chi connectivity index (χ4v) is 2.91. The molecule has 0 aromatic heterocycles. The SMILES string of the molecule is CCCCCCCCOc1cc2cccc(C(=O)OC)c2cc1OC. The summed E-state index contributed by atoms with van der Waals surface area (Å²) in [7, 11) is 3.00. The first-order valence-electron chi connectivity index (χ1n) is 9.03. The molecule has 2 aromatic rings. The maximum absolute atomic E-state index is 11.9. The van der Waals surface area contributed by atoms with Crippen molar-refractivity contribution in [3.63, 3.8) is 0 Å². The third-order valence-electron chi connectivity index (χ3n) is 4.33. The van der Waals surface area contributed by atoms with Crippen LogP contribution in [-0.4, -0.2) is 26.8 Å². The number of ether oxygens (including phenoxy) is 3. The van der Waals surface area contributed by atoms with Gasteiger partial charge in [-0.05, 0) is 30.0 Å². The topological polar surface area (TPSA) is 44.8 Å². The maximum atomic E-state index is 11.9. The number of carbonyl (C=O) groups is 1. The second kappa shape index (κ2) is 9.92. The van der Waals surface area contributed by atoms with Crippen molar-refractivity contribution in [3.8, 4) is 11.5 Å². The van der Waals surface area contributed by atoms with Crippen LogP contribution < -0.4 is 9.47 Å². The molecule has 0 fully saturated rings. The monoisotopic (exact) mass is 344 g/mol. The number of esters is 1. The van der Waals surface area contributed by atoms with Gasteiger partial charge in [0, 0.05) is 5.39 Å². The summed E-state index contributed by atoms with van der Waals surface area (Å²) in [6.45, 7) is 2.89. The highest BCUT2D eigenvalue weighted by Gasteiger charge is 2.14. The molecule has 4 heteroatoms. The minimum absolute atomic E-state index is 0.353. The van der Waals surface area contributed by atoms with Crippen molar-refractivity contribution in [1.29, 1.82) is 0 Å². The van der Waals surface area contributed by atoms with Crippen LogP contribution in [0.5, 0.6) is 11.5 Å². The number of hydrogen-bond acceptors (Lipinski definition) is 4. The third kappa shape index (κ3) is 5.12. The molecule has 25 heavy (non-hydrogen) atoms. The van der Waals surface area contributed by atoms with Gasteiger partial charge in [0.15, 0.2) is 11.5 Å². The molecule has 0 aliphatic heterocycles. The van der Waals surface area contributed by atoms with Gasteiger partial charge in [-0.1, -0.05) is 51.2 Å². The van der Waals surface area contributed by atoms with Gasteiger partial charge in [0.1, 0.15) is 0 Å². The van der Waals surface area contributed by atoms with Crippen LogP contribution in [0, 0.1) is 0 Å². The Bertz CT molecular complexity index is 694. The summed E-state index contributed by atoms with van der Waals surface area (Å²) < 4.78 is 16.2. The molecule has 0 bridgehead atoms. The molecule has 0 N–H and O–H groups in total. The zero-order valence-electron chi connectivity index (χ0n) is 15.5. The summed E-state index contributed by atoms with van der Waals surface area (Å²) in [4.78, 5) is 11.9. The van der Waals surface area contributed by atoms with Crippen molar-refractivity contribution in [2.75, 3.05) is 20.8 Å². The van der Waals surface area contributed by atoms with Gasteiger partial charge in [0.05, 0.1) is 26.4 Å². The number of carbonyl (C=O) groups excluding carboxylic acids is 1. The first-order valence-corrected chi connectivity index (χ1v) is 9.03. The van der Waals surface area contributed by atoms with Crippen molar-refractivity contribution in [3.05, 3.63) is 35.9 Å². The Kier molecular flexibility index (Phi) is 7.58. The van der Waals surface area contributed by atoms with E-state index in [1.165, 1.54) is 39.2 Å². The van der Waals surface area contributed by atoms with E-state index >= 15 is 0 Å². The van der Waals surface area contributed by atoms with Gasteiger partial charge < -0.3 is 14.2 Å². The highest BCUT2D eigenvalue weighted by atomic mass is 16.5. The third-order valence-corrected chi connectivity index (χ3v) is 4.33. The zero-order chi connectivity index (χ0) is 18.1. The van der Waals surface area contributed by atoms with Crippen molar-refractivity contribution in [2.24, 2.45) is 0 Å². The average Bonchev–Trinajstić information content (AvgIpc) is 2.65. The summed E-state index contributed by atoms with van der Waals surface area (Å²) in [6.07, 6.45) is 7.34. The van der Waals surface area contributed by atoms with Gasteiger partial charge in [-0.15, -0.1) is 0 Å². The van der Waals surface area contributed by atoms with E-state index in [1.807, 2.05) is 24.3 Å². The predicted molar refractivity (Wildman–Crippen MR) is 101 cm³/mol. The second-order valence-corrected chi connectivity index (χ2v) is 6.14. The molecule has 0 unspecified atom stereocenters.